The van der Waals surface area contributed by atoms with Gasteiger partial charge in [-0.1, -0.05) is 63.5 Å². The second-order valence-corrected chi connectivity index (χ2v) is 8.26. The van der Waals surface area contributed by atoms with Gasteiger partial charge in [-0.25, -0.2) is 4.79 Å². The van der Waals surface area contributed by atoms with E-state index in [1.807, 2.05) is 12.1 Å². The molecule has 0 spiro atoms. The van der Waals surface area contributed by atoms with Crippen molar-refractivity contribution in [1.82, 2.24) is 0 Å². The van der Waals surface area contributed by atoms with Crippen LogP contribution in [0.15, 0.2) is 24.3 Å². The van der Waals surface area contributed by atoms with E-state index in [1.165, 1.54) is 56.9 Å². The van der Waals surface area contributed by atoms with Crippen molar-refractivity contribution in [3.8, 4) is 0 Å². The molecule has 0 saturated heterocycles. The molecule has 0 aliphatic heterocycles. The highest BCUT2D eigenvalue weighted by Gasteiger charge is 2.26. The van der Waals surface area contributed by atoms with Crippen LogP contribution in [0.1, 0.15) is 92.5 Å². The standard InChI is InChI=1S/C23H33NO3/c24-16-22(21(25)14-17-8-3-1-4-9-17)27-23(26)20-13-7-12-19(15-20)18-10-5-2-6-11-18/h7,12-13,15,17-18,22H,1-6,8-11,14,16,24H2/t22-/m1/s1. The molecular weight excluding hydrogens is 338 g/mol. The monoisotopic (exact) mass is 371 g/mol. The summed E-state index contributed by atoms with van der Waals surface area (Å²) in [6, 6.07) is 7.73. The average Bonchev–Trinajstić information content (AvgIpc) is 2.73. The van der Waals surface area contributed by atoms with Gasteiger partial charge < -0.3 is 10.5 Å². The first kappa shape index (κ1) is 20.1. The van der Waals surface area contributed by atoms with Gasteiger partial charge in [0, 0.05) is 13.0 Å². The number of esters is 1. The van der Waals surface area contributed by atoms with Gasteiger partial charge in [0.05, 0.1) is 5.56 Å². The van der Waals surface area contributed by atoms with Gasteiger partial charge in [-0.15, -0.1) is 0 Å². The van der Waals surface area contributed by atoms with E-state index in [4.69, 9.17) is 10.5 Å². The fraction of sp³-hybridized carbons (Fsp3) is 0.652. The van der Waals surface area contributed by atoms with Crippen molar-refractivity contribution in [1.29, 1.82) is 0 Å². The molecule has 2 aliphatic carbocycles. The van der Waals surface area contributed by atoms with Gasteiger partial charge in [-0.3, -0.25) is 4.79 Å². The SMILES string of the molecule is NC[C@@H](OC(=O)c1cccc(C2CCCCC2)c1)C(=O)CC1CCCCC1. The summed E-state index contributed by atoms with van der Waals surface area (Å²) in [6.07, 6.45) is 11.7. The molecule has 0 unspecified atom stereocenters. The van der Waals surface area contributed by atoms with Crippen LogP contribution in [0, 0.1) is 5.92 Å². The quantitative estimate of drug-likeness (QED) is 0.702. The summed E-state index contributed by atoms with van der Waals surface area (Å²) < 4.78 is 5.52. The highest BCUT2D eigenvalue weighted by molar-refractivity contribution is 5.93. The molecule has 0 heterocycles. The van der Waals surface area contributed by atoms with E-state index >= 15 is 0 Å². The lowest BCUT2D eigenvalue weighted by molar-refractivity contribution is -0.128. The summed E-state index contributed by atoms with van der Waals surface area (Å²) in [4.78, 5) is 25.2. The van der Waals surface area contributed by atoms with Crippen LogP contribution in [0.25, 0.3) is 0 Å². The number of carbonyl (C=O) groups is 2. The van der Waals surface area contributed by atoms with Gasteiger partial charge in [0.1, 0.15) is 0 Å². The zero-order valence-corrected chi connectivity index (χ0v) is 16.3. The number of Topliss-reactive ketones (excluding diaryl/α,β-unsaturated/α-hetero) is 1. The lowest BCUT2D eigenvalue weighted by atomic mass is 9.83. The molecule has 0 aromatic heterocycles. The smallest absolute Gasteiger partial charge is 0.338 e. The summed E-state index contributed by atoms with van der Waals surface area (Å²) in [7, 11) is 0. The first-order valence-corrected chi connectivity index (χ1v) is 10.7. The number of carbonyl (C=O) groups excluding carboxylic acids is 2. The molecule has 0 radical (unpaired) electrons. The van der Waals surface area contributed by atoms with Gasteiger partial charge in [0.25, 0.3) is 0 Å². The van der Waals surface area contributed by atoms with E-state index in [0.717, 1.165) is 12.8 Å². The molecule has 1 aromatic carbocycles. The lowest BCUT2D eigenvalue weighted by Crippen LogP contribution is -2.35. The van der Waals surface area contributed by atoms with Crippen LogP contribution in [0.5, 0.6) is 0 Å². The van der Waals surface area contributed by atoms with Crippen LogP contribution < -0.4 is 5.73 Å². The molecule has 1 atom stereocenters. The third kappa shape index (κ3) is 5.65. The topological polar surface area (TPSA) is 69.4 Å². The Balaban J connectivity index is 1.59. The van der Waals surface area contributed by atoms with Crippen LogP contribution >= 0.6 is 0 Å². The van der Waals surface area contributed by atoms with Crippen LogP contribution in [-0.4, -0.2) is 24.4 Å². The molecule has 2 fully saturated rings. The Labute approximate surface area is 162 Å². The number of rotatable bonds is 7. The Bertz CT molecular complexity index is 630. The van der Waals surface area contributed by atoms with Gasteiger partial charge in [0.2, 0.25) is 0 Å². The van der Waals surface area contributed by atoms with Crippen LogP contribution in [-0.2, 0) is 9.53 Å². The highest BCUT2D eigenvalue weighted by atomic mass is 16.5. The molecule has 0 bridgehead atoms. The first-order valence-electron chi connectivity index (χ1n) is 10.7. The molecule has 4 heteroatoms. The molecule has 2 N–H and O–H groups in total. The first-order chi connectivity index (χ1) is 13.2. The number of nitrogens with two attached hydrogens (primary N) is 1. The summed E-state index contributed by atoms with van der Waals surface area (Å²) >= 11 is 0. The van der Waals surface area contributed by atoms with Gasteiger partial charge in [-0.2, -0.15) is 0 Å². The maximum Gasteiger partial charge on any atom is 0.338 e. The second kappa shape index (κ2) is 10.0. The maximum atomic E-state index is 12.6. The molecule has 148 valence electrons. The number of benzene rings is 1. The second-order valence-electron chi connectivity index (χ2n) is 8.26. The van der Waals surface area contributed by atoms with Crippen LogP contribution in [0.2, 0.25) is 0 Å². The van der Waals surface area contributed by atoms with E-state index in [-0.39, 0.29) is 12.3 Å². The van der Waals surface area contributed by atoms with Crippen molar-refractivity contribution >= 4 is 11.8 Å². The lowest BCUT2D eigenvalue weighted by Gasteiger charge is -2.23. The zero-order valence-electron chi connectivity index (χ0n) is 16.3. The maximum absolute atomic E-state index is 12.6. The number of ether oxygens (including phenoxy) is 1. The summed E-state index contributed by atoms with van der Waals surface area (Å²) in [6.45, 7) is 0.0552. The molecule has 27 heavy (non-hydrogen) atoms. The van der Waals surface area contributed by atoms with Crippen molar-refractivity contribution in [2.45, 2.75) is 82.7 Å². The molecular formula is C23H33NO3. The Morgan fingerprint density at radius 1 is 1.00 bits per heavy atom. The molecule has 2 saturated carbocycles. The Kier molecular flexibility index (Phi) is 7.45. The van der Waals surface area contributed by atoms with Crippen molar-refractivity contribution in [2.75, 3.05) is 6.54 Å². The van der Waals surface area contributed by atoms with E-state index in [0.29, 0.717) is 23.8 Å². The largest absolute Gasteiger partial charge is 0.449 e. The zero-order chi connectivity index (χ0) is 19.1. The third-order valence-electron chi connectivity index (χ3n) is 6.24. The predicted molar refractivity (Wildman–Crippen MR) is 107 cm³/mol. The molecule has 3 rings (SSSR count). The van der Waals surface area contributed by atoms with Crippen molar-refractivity contribution in [3.05, 3.63) is 35.4 Å². The Morgan fingerprint density at radius 3 is 2.33 bits per heavy atom. The number of hydrogen-bond acceptors (Lipinski definition) is 4. The summed E-state index contributed by atoms with van der Waals surface area (Å²) in [5, 5.41) is 0. The van der Waals surface area contributed by atoms with Crippen molar-refractivity contribution in [3.63, 3.8) is 0 Å². The Hall–Kier alpha value is -1.68. The molecule has 1 aromatic rings. The van der Waals surface area contributed by atoms with Crippen molar-refractivity contribution < 1.29 is 14.3 Å². The van der Waals surface area contributed by atoms with Gasteiger partial charge >= 0.3 is 5.97 Å². The van der Waals surface area contributed by atoms with Crippen LogP contribution in [0.3, 0.4) is 0 Å². The fourth-order valence-electron chi connectivity index (χ4n) is 4.61. The fourth-order valence-corrected chi connectivity index (χ4v) is 4.61. The number of hydrogen-bond donors (Lipinski definition) is 1. The van der Waals surface area contributed by atoms with E-state index in [2.05, 4.69) is 6.07 Å². The van der Waals surface area contributed by atoms with Crippen molar-refractivity contribution in [2.24, 2.45) is 11.7 Å². The predicted octanol–water partition coefficient (Wildman–Crippen LogP) is 4.76. The number of ketones is 1. The molecule has 0 amide bonds. The minimum atomic E-state index is -0.822. The molecule has 2 aliphatic rings. The Morgan fingerprint density at radius 2 is 1.67 bits per heavy atom. The average molecular weight is 372 g/mol. The van der Waals surface area contributed by atoms with E-state index in [1.54, 1.807) is 6.07 Å². The minimum Gasteiger partial charge on any atom is -0.449 e. The normalized spacial score (nSPS) is 20.2. The van der Waals surface area contributed by atoms with E-state index in [9.17, 15) is 9.59 Å². The van der Waals surface area contributed by atoms with E-state index < -0.39 is 12.1 Å². The molecule has 4 nitrogen and oxygen atoms in total. The minimum absolute atomic E-state index is 0.0267. The summed E-state index contributed by atoms with van der Waals surface area (Å²) in [5.74, 6) is 0.500. The van der Waals surface area contributed by atoms with Gasteiger partial charge in [0.15, 0.2) is 11.9 Å². The van der Waals surface area contributed by atoms with Gasteiger partial charge in [-0.05, 0) is 42.4 Å². The third-order valence-corrected chi connectivity index (χ3v) is 6.24. The summed E-state index contributed by atoms with van der Waals surface area (Å²) in [5.41, 5.74) is 7.49. The van der Waals surface area contributed by atoms with Crippen LogP contribution in [0.4, 0.5) is 0 Å². The highest BCUT2D eigenvalue weighted by Crippen LogP contribution is 2.33.